The molecule has 6 nitrogen and oxygen atoms in total. The second-order valence-electron chi connectivity index (χ2n) is 5.92. The van der Waals surface area contributed by atoms with Crippen LogP contribution in [0.5, 0.6) is 0 Å². The van der Waals surface area contributed by atoms with E-state index in [1.165, 1.54) is 5.56 Å². The standard InChI is InChI=1S/C18H21N5O/c1-13(2)23(11-15-7-5-4-6-8-15)18-10-16(19-12-20-18)21-17-9-14(3)24-22-17/h4-10,12-13H,11H2,1-3H3,(H,19,20,21,22). The lowest BCUT2D eigenvalue weighted by molar-refractivity contribution is 0.400. The SMILES string of the molecule is Cc1cc(Nc2cc(N(Cc3ccccc3)C(C)C)ncn2)no1. The summed E-state index contributed by atoms with van der Waals surface area (Å²) in [6, 6.07) is 14.4. The van der Waals surface area contributed by atoms with Gasteiger partial charge < -0.3 is 14.7 Å². The molecule has 0 saturated carbocycles. The molecule has 24 heavy (non-hydrogen) atoms. The van der Waals surface area contributed by atoms with Gasteiger partial charge in [0.2, 0.25) is 0 Å². The first-order chi connectivity index (χ1) is 11.6. The molecule has 0 radical (unpaired) electrons. The van der Waals surface area contributed by atoms with E-state index < -0.39 is 0 Å². The fraction of sp³-hybridized carbons (Fsp3) is 0.278. The quantitative estimate of drug-likeness (QED) is 0.741. The highest BCUT2D eigenvalue weighted by Crippen LogP contribution is 2.21. The molecule has 0 aliphatic heterocycles. The highest BCUT2D eigenvalue weighted by molar-refractivity contribution is 5.56. The molecule has 1 N–H and O–H groups in total. The molecule has 2 heterocycles. The van der Waals surface area contributed by atoms with Crippen molar-refractivity contribution in [1.29, 1.82) is 0 Å². The largest absolute Gasteiger partial charge is 0.360 e. The monoisotopic (exact) mass is 323 g/mol. The molecule has 0 aliphatic carbocycles. The van der Waals surface area contributed by atoms with E-state index in [9.17, 15) is 0 Å². The van der Waals surface area contributed by atoms with E-state index in [1.54, 1.807) is 6.33 Å². The summed E-state index contributed by atoms with van der Waals surface area (Å²) in [7, 11) is 0. The van der Waals surface area contributed by atoms with Crippen LogP contribution in [-0.2, 0) is 6.54 Å². The van der Waals surface area contributed by atoms with Crippen LogP contribution in [0.25, 0.3) is 0 Å². The van der Waals surface area contributed by atoms with Crippen LogP contribution < -0.4 is 10.2 Å². The van der Waals surface area contributed by atoms with Gasteiger partial charge in [0.05, 0.1) is 0 Å². The predicted molar refractivity (Wildman–Crippen MR) is 94.3 cm³/mol. The van der Waals surface area contributed by atoms with E-state index >= 15 is 0 Å². The molecule has 0 aliphatic rings. The minimum absolute atomic E-state index is 0.308. The van der Waals surface area contributed by atoms with Crippen LogP contribution in [0.2, 0.25) is 0 Å². The van der Waals surface area contributed by atoms with Gasteiger partial charge in [-0.25, -0.2) is 9.97 Å². The highest BCUT2D eigenvalue weighted by Gasteiger charge is 2.14. The van der Waals surface area contributed by atoms with Gasteiger partial charge >= 0.3 is 0 Å². The Balaban J connectivity index is 1.81. The van der Waals surface area contributed by atoms with Gasteiger partial charge in [-0.2, -0.15) is 0 Å². The number of aryl methyl sites for hydroxylation is 1. The average molecular weight is 323 g/mol. The summed E-state index contributed by atoms with van der Waals surface area (Å²) in [6.45, 7) is 6.94. The number of nitrogens with zero attached hydrogens (tertiary/aromatic N) is 4. The van der Waals surface area contributed by atoms with Gasteiger partial charge in [-0.1, -0.05) is 35.5 Å². The summed E-state index contributed by atoms with van der Waals surface area (Å²) in [5, 5.41) is 7.07. The number of hydrogen-bond donors (Lipinski definition) is 1. The van der Waals surface area contributed by atoms with E-state index in [-0.39, 0.29) is 0 Å². The summed E-state index contributed by atoms with van der Waals surface area (Å²) in [6.07, 6.45) is 1.56. The molecule has 0 fully saturated rings. The minimum atomic E-state index is 0.308. The van der Waals surface area contributed by atoms with Crippen molar-refractivity contribution in [1.82, 2.24) is 15.1 Å². The van der Waals surface area contributed by atoms with E-state index in [1.807, 2.05) is 37.3 Å². The van der Waals surface area contributed by atoms with Crippen LogP contribution in [0.4, 0.5) is 17.5 Å². The predicted octanol–water partition coefficient (Wildman–Crippen LogP) is 3.93. The molecule has 2 aromatic heterocycles. The molecule has 0 amide bonds. The first kappa shape index (κ1) is 16.0. The molecular weight excluding hydrogens is 302 g/mol. The third-order valence-electron chi connectivity index (χ3n) is 3.65. The zero-order valence-electron chi connectivity index (χ0n) is 14.1. The first-order valence-electron chi connectivity index (χ1n) is 7.95. The molecule has 6 heteroatoms. The van der Waals surface area contributed by atoms with Gasteiger partial charge in [0.15, 0.2) is 5.82 Å². The van der Waals surface area contributed by atoms with Crippen molar-refractivity contribution in [2.24, 2.45) is 0 Å². The van der Waals surface area contributed by atoms with Crippen molar-refractivity contribution < 1.29 is 4.52 Å². The van der Waals surface area contributed by atoms with Crippen molar-refractivity contribution in [2.75, 3.05) is 10.2 Å². The smallest absolute Gasteiger partial charge is 0.175 e. The second-order valence-corrected chi connectivity index (χ2v) is 5.92. The third kappa shape index (κ3) is 3.90. The fourth-order valence-corrected chi connectivity index (χ4v) is 2.44. The molecule has 0 saturated heterocycles. The maximum atomic E-state index is 5.07. The molecule has 0 bridgehead atoms. The number of rotatable bonds is 6. The van der Waals surface area contributed by atoms with Crippen LogP contribution in [-0.4, -0.2) is 21.2 Å². The van der Waals surface area contributed by atoms with Gasteiger partial charge in [0.25, 0.3) is 0 Å². The molecule has 0 atom stereocenters. The highest BCUT2D eigenvalue weighted by atomic mass is 16.5. The Hall–Kier alpha value is -2.89. The zero-order valence-corrected chi connectivity index (χ0v) is 14.1. The summed E-state index contributed by atoms with van der Waals surface area (Å²) in [5.41, 5.74) is 1.24. The van der Waals surface area contributed by atoms with Crippen LogP contribution in [0.3, 0.4) is 0 Å². The molecular formula is C18H21N5O. The Bertz CT molecular complexity index is 785. The van der Waals surface area contributed by atoms with E-state index in [0.717, 1.165) is 18.1 Å². The van der Waals surface area contributed by atoms with Crippen LogP contribution in [0, 0.1) is 6.92 Å². The van der Waals surface area contributed by atoms with Gasteiger partial charge in [0, 0.05) is 24.7 Å². The lowest BCUT2D eigenvalue weighted by Crippen LogP contribution is -2.31. The molecule has 0 unspecified atom stereocenters. The second kappa shape index (κ2) is 7.12. The summed E-state index contributed by atoms with van der Waals surface area (Å²) >= 11 is 0. The Morgan fingerprint density at radius 1 is 1.08 bits per heavy atom. The van der Waals surface area contributed by atoms with Crippen molar-refractivity contribution in [2.45, 2.75) is 33.4 Å². The van der Waals surface area contributed by atoms with Crippen molar-refractivity contribution >= 4 is 17.5 Å². The molecule has 0 spiro atoms. The minimum Gasteiger partial charge on any atom is -0.360 e. The third-order valence-corrected chi connectivity index (χ3v) is 3.65. The number of benzene rings is 1. The van der Waals surface area contributed by atoms with Crippen molar-refractivity contribution in [3.05, 3.63) is 60.1 Å². The Labute approximate surface area is 141 Å². The molecule has 124 valence electrons. The molecule has 3 rings (SSSR count). The van der Waals surface area contributed by atoms with E-state index in [0.29, 0.717) is 17.7 Å². The average Bonchev–Trinajstić information content (AvgIpc) is 2.98. The van der Waals surface area contributed by atoms with E-state index in [2.05, 4.69) is 51.3 Å². The number of hydrogen-bond acceptors (Lipinski definition) is 6. The van der Waals surface area contributed by atoms with Crippen molar-refractivity contribution in [3.8, 4) is 0 Å². The Kier molecular flexibility index (Phi) is 4.74. The lowest BCUT2D eigenvalue weighted by atomic mass is 10.2. The van der Waals surface area contributed by atoms with Crippen LogP contribution in [0.15, 0.2) is 53.3 Å². The van der Waals surface area contributed by atoms with Crippen LogP contribution >= 0.6 is 0 Å². The maximum Gasteiger partial charge on any atom is 0.175 e. The zero-order chi connectivity index (χ0) is 16.9. The first-order valence-corrected chi connectivity index (χ1v) is 7.95. The molecule has 3 aromatic rings. The Morgan fingerprint density at radius 2 is 1.88 bits per heavy atom. The number of anilines is 3. The summed E-state index contributed by atoms with van der Waals surface area (Å²) in [5.74, 6) is 2.94. The van der Waals surface area contributed by atoms with Crippen LogP contribution in [0.1, 0.15) is 25.2 Å². The maximum absolute atomic E-state index is 5.07. The topological polar surface area (TPSA) is 67.1 Å². The normalized spacial score (nSPS) is 10.8. The molecule has 1 aromatic carbocycles. The Morgan fingerprint density at radius 3 is 2.54 bits per heavy atom. The van der Waals surface area contributed by atoms with Gasteiger partial charge in [-0.15, -0.1) is 0 Å². The van der Waals surface area contributed by atoms with Gasteiger partial charge in [-0.3, -0.25) is 0 Å². The van der Waals surface area contributed by atoms with E-state index in [4.69, 9.17) is 4.52 Å². The number of aromatic nitrogens is 3. The van der Waals surface area contributed by atoms with Gasteiger partial charge in [-0.05, 0) is 26.3 Å². The summed E-state index contributed by atoms with van der Waals surface area (Å²) < 4.78 is 5.07. The fourth-order valence-electron chi connectivity index (χ4n) is 2.44. The summed E-state index contributed by atoms with van der Waals surface area (Å²) in [4.78, 5) is 10.9. The van der Waals surface area contributed by atoms with Gasteiger partial charge in [0.1, 0.15) is 23.7 Å². The number of nitrogens with one attached hydrogen (secondary N) is 1. The lowest BCUT2D eigenvalue weighted by Gasteiger charge is -2.28. The van der Waals surface area contributed by atoms with Crippen molar-refractivity contribution in [3.63, 3.8) is 0 Å².